The topological polar surface area (TPSA) is 59.2 Å². The number of carbonyl (C=O) groups excluding carboxylic acids is 1. The Balaban J connectivity index is 2.74. The lowest BCUT2D eigenvalue weighted by atomic mass is 10.3. The second-order valence-corrected chi connectivity index (χ2v) is 3.79. The Bertz CT molecular complexity index is 312. The molecule has 0 radical (unpaired) electrons. The van der Waals surface area contributed by atoms with E-state index in [0.29, 0.717) is 18.8 Å². The molecule has 0 bridgehead atoms. The first-order valence-electron chi connectivity index (χ1n) is 4.22. The van der Waals surface area contributed by atoms with Crippen molar-refractivity contribution < 1.29 is 4.79 Å². The monoisotopic (exact) mass is 257 g/mol. The molecule has 0 saturated heterocycles. The molecule has 0 aliphatic heterocycles. The third-order valence-corrected chi connectivity index (χ3v) is 2.23. The van der Waals surface area contributed by atoms with Gasteiger partial charge in [0.15, 0.2) is 0 Å². The van der Waals surface area contributed by atoms with E-state index in [1.165, 1.54) is 0 Å². The van der Waals surface area contributed by atoms with Crippen molar-refractivity contribution in [3.8, 4) is 0 Å². The minimum atomic E-state index is -0.108. The fourth-order valence-corrected chi connectivity index (χ4v) is 1.23. The highest BCUT2D eigenvalue weighted by Crippen LogP contribution is 2.08. The van der Waals surface area contributed by atoms with Crippen molar-refractivity contribution in [3.63, 3.8) is 0 Å². The summed E-state index contributed by atoms with van der Waals surface area (Å²) in [6.07, 6.45) is 1.60. The molecule has 4 nitrogen and oxygen atoms in total. The first-order chi connectivity index (χ1) is 6.65. The maximum atomic E-state index is 11.6. The zero-order chi connectivity index (χ0) is 10.6. The van der Waals surface area contributed by atoms with Crippen LogP contribution < -0.4 is 5.73 Å². The molecule has 2 N–H and O–H groups in total. The predicted molar refractivity (Wildman–Crippen MR) is 58.0 cm³/mol. The van der Waals surface area contributed by atoms with Crippen LogP contribution in [0.25, 0.3) is 0 Å². The number of amides is 1. The summed E-state index contributed by atoms with van der Waals surface area (Å²) in [5.74, 6) is -0.108. The SMILES string of the molecule is CN(CCN)C(=O)c1ccc(Br)cn1. The van der Waals surface area contributed by atoms with E-state index < -0.39 is 0 Å². The van der Waals surface area contributed by atoms with Crippen molar-refractivity contribution in [1.82, 2.24) is 9.88 Å². The second-order valence-electron chi connectivity index (χ2n) is 2.88. The van der Waals surface area contributed by atoms with Gasteiger partial charge in [-0.05, 0) is 28.1 Å². The Morgan fingerprint density at radius 1 is 1.64 bits per heavy atom. The number of rotatable bonds is 3. The van der Waals surface area contributed by atoms with Crippen molar-refractivity contribution in [2.75, 3.05) is 20.1 Å². The number of hydrogen-bond donors (Lipinski definition) is 1. The van der Waals surface area contributed by atoms with Gasteiger partial charge in [-0.15, -0.1) is 0 Å². The van der Waals surface area contributed by atoms with Gasteiger partial charge in [0, 0.05) is 30.8 Å². The molecule has 0 aliphatic rings. The van der Waals surface area contributed by atoms with Gasteiger partial charge in [-0.25, -0.2) is 4.98 Å². The summed E-state index contributed by atoms with van der Waals surface area (Å²) < 4.78 is 0.857. The Morgan fingerprint density at radius 2 is 2.36 bits per heavy atom. The Morgan fingerprint density at radius 3 is 2.86 bits per heavy atom. The highest BCUT2D eigenvalue weighted by atomic mass is 79.9. The van der Waals surface area contributed by atoms with Crippen molar-refractivity contribution in [3.05, 3.63) is 28.5 Å². The average molecular weight is 258 g/mol. The van der Waals surface area contributed by atoms with Gasteiger partial charge >= 0.3 is 0 Å². The van der Waals surface area contributed by atoms with E-state index in [2.05, 4.69) is 20.9 Å². The maximum absolute atomic E-state index is 11.6. The van der Waals surface area contributed by atoms with Crippen molar-refractivity contribution in [1.29, 1.82) is 0 Å². The highest BCUT2D eigenvalue weighted by Gasteiger charge is 2.11. The third kappa shape index (κ3) is 2.78. The van der Waals surface area contributed by atoms with Gasteiger partial charge in [0.1, 0.15) is 5.69 Å². The van der Waals surface area contributed by atoms with Gasteiger partial charge in [0.05, 0.1) is 0 Å². The molecule has 14 heavy (non-hydrogen) atoms. The van der Waals surface area contributed by atoms with Crippen LogP contribution in [0.4, 0.5) is 0 Å². The largest absolute Gasteiger partial charge is 0.339 e. The minimum Gasteiger partial charge on any atom is -0.339 e. The normalized spacial score (nSPS) is 9.93. The summed E-state index contributed by atoms with van der Waals surface area (Å²) in [6, 6.07) is 3.47. The summed E-state index contributed by atoms with van der Waals surface area (Å²) >= 11 is 3.25. The molecule has 0 unspecified atom stereocenters. The Kier molecular flexibility index (Phi) is 4.03. The molecule has 0 spiro atoms. The van der Waals surface area contributed by atoms with Gasteiger partial charge in [-0.3, -0.25) is 4.79 Å². The minimum absolute atomic E-state index is 0.108. The molecule has 1 aromatic rings. The number of carbonyl (C=O) groups is 1. The predicted octanol–water partition coefficient (Wildman–Crippen LogP) is 0.875. The average Bonchev–Trinajstić information content (AvgIpc) is 2.18. The zero-order valence-electron chi connectivity index (χ0n) is 7.90. The van der Waals surface area contributed by atoms with Crippen LogP contribution in [0, 0.1) is 0 Å². The Hall–Kier alpha value is -0.940. The van der Waals surface area contributed by atoms with Crippen LogP contribution in [0.1, 0.15) is 10.5 Å². The lowest BCUT2D eigenvalue weighted by molar-refractivity contribution is 0.0793. The number of pyridine rings is 1. The highest BCUT2D eigenvalue weighted by molar-refractivity contribution is 9.10. The van der Waals surface area contributed by atoms with E-state index in [9.17, 15) is 4.79 Å². The van der Waals surface area contributed by atoms with Gasteiger partial charge < -0.3 is 10.6 Å². The zero-order valence-corrected chi connectivity index (χ0v) is 9.49. The quantitative estimate of drug-likeness (QED) is 0.875. The first-order valence-corrected chi connectivity index (χ1v) is 5.01. The van der Waals surface area contributed by atoms with Crippen LogP contribution in [0.15, 0.2) is 22.8 Å². The molecule has 0 aliphatic carbocycles. The molecule has 0 aromatic carbocycles. The summed E-state index contributed by atoms with van der Waals surface area (Å²) in [5.41, 5.74) is 5.78. The van der Waals surface area contributed by atoms with E-state index in [-0.39, 0.29) is 5.91 Å². The smallest absolute Gasteiger partial charge is 0.272 e. The summed E-state index contributed by atoms with van der Waals surface area (Å²) in [6.45, 7) is 0.995. The maximum Gasteiger partial charge on any atom is 0.272 e. The second kappa shape index (κ2) is 5.07. The number of nitrogens with zero attached hydrogens (tertiary/aromatic N) is 2. The van der Waals surface area contributed by atoms with Gasteiger partial charge in [0.2, 0.25) is 0 Å². The Labute approximate surface area is 91.2 Å². The standard InChI is InChI=1S/C9H12BrN3O/c1-13(5-4-11)9(14)8-3-2-7(10)6-12-8/h2-3,6H,4-5,11H2,1H3. The van der Waals surface area contributed by atoms with Crippen LogP contribution in [0.5, 0.6) is 0 Å². The van der Waals surface area contributed by atoms with Crippen LogP contribution in [0.3, 0.4) is 0 Å². The molecule has 0 saturated carbocycles. The molecule has 1 rings (SSSR count). The summed E-state index contributed by atoms with van der Waals surface area (Å²) in [4.78, 5) is 17.2. The molecule has 5 heteroatoms. The number of aromatic nitrogens is 1. The lowest BCUT2D eigenvalue weighted by Crippen LogP contribution is -2.32. The molecular weight excluding hydrogens is 246 g/mol. The van der Waals surface area contributed by atoms with Gasteiger partial charge in [0.25, 0.3) is 5.91 Å². The molecule has 1 amide bonds. The van der Waals surface area contributed by atoms with E-state index in [0.717, 1.165) is 4.47 Å². The van der Waals surface area contributed by atoms with Crippen LogP contribution in [0.2, 0.25) is 0 Å². The van der Waals surface area contributed by atoms with Crippen molar-refractivity contribution >= 4 is 21.8 Å². The van der Waals surface area contributed by atoms with Gasteiger partial charge in [-0.1, -0.05) is 0 Å². The van der Waals surface area contributed by atoms with Crippen LogP contribution >= 0.6 is 15.9 Å². The summed E-state index contributed by atoms with van der Waals surface area (Å²) in [5, 5.41) is 0. The van der Waals surface area contributed by atoms with Crippen molar-refractivity contribution in [2.45, 2.75) is 0 Å². The molecule has 76 valence electrons. The van der Waals surface area contributed by atoms with Crippen LogP contribution in [-0.4, -0.2) is 35.9 Å². The van der Waals surface area contributed by atoms with Gasteiger partial charge in [-0.2, -0.15) is 0 Å². The number of halogens is 1. The molecule has 0 atom stereocenters. The van der Waals surface area contributed by atoms with Crippen molar-refractivity contribution in [2.24, 2.45) is 5.73 Å². The third-order valence-electron chi connectivity index (χ3n) is 1.76. The molecular formula is C9H12BrN3O. The molecule has 1 aromatic heterocycles. The van der Waals surface area contributed by atoms with E-state index in [1.54, 1.807) is 30.3 Å². The van der Waals surface area contributed by atoms with E-state index in [1.807, 2.05) is 0 Å². The lowest BCUT2D eigenvalue weighted by Gasteiger charge is -2.14. The van der Waals surface area contributed by atoms with E-state index in [4.69, 9.17) is 5.73 Å². The van der Waals surface area contributed by atoms with E-state index >= 15 is 0 Å². The fraction of sp³-hybridized carbons (Fsp3) is 0.333. The first kappa shape index (κ1) is 11.1. The number of likely N-dealkylation sites (N-methyl/N-ethyl adjacent to an activating group) is 1. The fourth-order valence-electron chi connectivity index (χ4n) is 0.993. The molecule has 1 heterocycles. The van der Waals surface area contributed by atoms with Crippen LogP contribution in [-0.2, 0) is 0 Å². The number of nitrogens with two attached hydrogens (primary N) is 1. The molecule has 0 fully saturated rings. The number of hydrogen-bond acceptors (Lipinski definition) is 3. The summed E-state index contributed by atoms with van der Waals surface area (Å²) in [7, 11) is 1.71.